The highest BCUT2D eigenvalue weighted by Crippen LogP contribution is 2.31. The Bertz CT molecular complexity index is 953. The van der Waals surface area contributed by atoms with Crippen LogP contribution in [0.3, 0.4) is 0 Å². The molecular weight excluding hydrogens is 383 g/mol. The van der Waals surface area contributed by atoms with E-state index in [1.807, 2.05) is 29.6 Å². The van der Waals surface area contributed by atoms with Gasteiger partial charge >= 0.3 is 0 Å². The van der Waals surface area contributed by atoms with Gasteiger partial charge in [-0.1, -0.05) is 59.1 Å². The fraction of sp³-hybridized carbons (Fsp3) is 0. The van der Waals surface area contributed by atoms with Crippen LogP contribution in [0.5, 0.6) is 0 Å². The molecule has 6 heteroatoms. The Balaban J connectivity index is 1.98. The van der Waals surface area contributed by atoms with E-state index < -0.39 is 0 Å². The Morgan fingerprint density at radius 3 is 2.54 bits per heavy atom. The van der Waals surface area contributed by atoms with E-state index in [-0.39, 0.29) is 0 Å². The average Bonchev–Trinajstić information content (AvgIpc) is 3.06. The maximum atomic E-state index is 9.47. The lowest BCUT2D eigenvalue weighted by Gasteiger charge is -2.01. The molecule has 2 aromatic carbocycles. The molecule has 0 saturated heterocycles. The zero-order valence-electron chi connectivity index (χ0n) is 12.1. The highest BCUT2D eigenvalue weighted by molar-refractivity contribution is 7.11. The molecule has 0 bridgehead atoms. The Morgan fingerprint density at radius 1 is 1.08 bits per heavy atom. The van der Waals surface area contributed by atoms with E-state index in [0.29, 0.717) is 31.2 Å². The molecule has 0 N–H and O–H groups in total. The van der Waals surface area contributed by atoms with Crippen LogP contribution in [0, 0.1) is 11.3 Å². The molecule has 0 spiro atoms. The molecule has 3 aromatic rings. The molecule has 24 heavy (non-hydrogen) atoms. The fourth-order valence-electron chi connectivity index (χ4n) is 2.08. The lowest BCUT2D eigenvalue weighted by Crippen LogP contribution is -1.84. The fourth-order valence-corrected chi connectivity index (χ4v) is 3.36. The van der Waals surface area contributed by atoms with Gasteiger partial charge in [0.05, 0.1) is 21.3 Å². The topological polar surface area (TPSA) is 36.7 Å². The molecule has 0 aliphatic heterocycles. The molecule has 118 valence electrons. The summed E-state index contributed by atoms with van der Waals surface area (Å²) in [4.78, 5) is 4.54. The van der Waals surface area contributed by atoms with Crippen molar-refractivity contribution in [2.75, 3.05) is 0 Å². The minimum Gasteiger partial charge on any atom is -0.235 e. The van der Waals surface area contributed by atoms with E-state index in [4.69, 9.17) is 34.8 Å². The van der Waals surface area contributed by atoms with Crippen LogP contribution in [0.15, 0.2) is 47.8 Å². The van der Waals surface area contributed by atoms with E-state index >= 15 is 0 Å². The first-order valence-corrected chi connectivity index (χ1v) is 8.87. The Morgan fingerprint density at radius 2 is 1.83 bits per heavy atom. The summed E-state index contributed by atoms with van der Waals surface area (Å²) >= 11 is 19.5. The molecule has 1 aromatic heterocycles. The van der Waals surface area contributed by atoms with Crippen molar-refractivity contribution >= 4 is 57.8 Å². The lowest BCUT2D eigenvalue weighted by molar-refractivity contribution is 1.37. The first-order valence-electron chi connectivity index (χ1n) is 6.86. The summed E-state index contributed by atoms with van der Waals surface area (Å²) in [6.07, 6.45) is 1.69. The number of halogens is 3. The van der Waals surface area contributed by atoms with Crippen molar-refractivity contribution in [3.8, 4) is 17.3 Å². The molecule has 0 radical (unpaired) electrons. The predicted molar refractivity (Wildman–Crippen MR) is 103 cm³/mol. The van der Waals surface area contributed by atoms with Crippen LogP contribution in [0.2, 0.25) is 15.1 Å². The summed E-state index contributed by atoms with van der Waals surface area (Å²) in [5.41, 5.74) is 2.86. The highest BCUT2D eigenvalue weighted by atomic mass is 35.5. The Labute approximate surface area is 158 Å². The van der Waals surface area contributed by atoms with Gasteiger partial charge < -0.3 is 0 Å². The van der Waals surface area contributed by atoms with Gasteiger partial charge in [-0.05, 0) is 29.8 Å². The minimum atomic E-state index is 0.418. The van der Waals surface area contributed by atoms with Crippen LogP contribution < -0.4 is 0 Å². The maximum Gasteiger partial charge on any atom is 0.134 e. The summed E-state index contributed by atoms with van der Waals surface area (Å²) in [5, 5.41) is 13.5. The molecular formula is C18H9Cl3N2S. The third-order valence-electron chi connectivity index (χ3n) is 3.28. The summed E-state index contributed by atoms with van der Waals surface area (Å²) < 4.78 is 0. The molecule has 0 aliphatic rings. The van der Waals surface area contributed by atoms with E-state index in [0.717, 1.165) is 11.3 Å². The van der Waals surface area contributed by atoms with Crippen molar-refractivity contribution in [2.45, 2.75) is 0 Å². The van der Waals surface area contributed by atoms with Crippen LogP contribution >= 0.6 is 46.1 Å². The van der Waals surface area contributed by atoms with E-state index in [2.05, 4.69) is 11.1 Å². The summed E-state index contributed by atoms with van der Waals surface area (Å²) in [6, 6.07) is 14.9. The number of hydrogen-bond donors (Lipinski definition) is 0. The number of aromatic nitrogens is 1. The number of rotatable bonds is 3. The number of benzene rings is 2. The van der Waals surface area contributed by atoms with Crippen LogP contribution in [-0.2, 0) is 0 Å². The number of hydrogen-bond acceptors (Lipinski definition) is 3. The summed E-state index contributed by atoms with van der Waals surface area (Å²) in [7, 11) is 0. The number of allylic oxidation sites excluding steroid dienone is 1. The zero-order chi connectivity index (χ0) is 17.1. The Hall–Kier alpha value is -1.83. The van der Waals surface area contributed by atoms with E-state index in [9.17, 15) is 5.26 Å². The van der Waals surface area contributed by atoms with Crippen molar-refractivity contribution in [1.82, 2.24) is 4.98 Å². The summed E-state index contributed by atoms with van der Waals surface area (Å²) in [5.74, 6) is 0. The van der Waals surface area contributed by atoms with Gasteiger partial charge in [0.25, 0.3) is 0 Å². The van der Waals surface area contributed by atoms with Gasteiger partial charge in [0, 0.05) is 16.0 Å². The van der Waals surface area contributed by atoms with Crippen molar-refractivity contribution in [3.63, 3.8) is 0 Å². The minimum absolute atomic E-state index is 0.418. The van der Waals surface area contributed by atoms with Gasteiger partial charge in [-0.2, -0.15) is 5.26 Å². The van der Waals surface area contributed by atoms with E-state index in [1.165, 1.54) is 11.3 Å². The molecule has 0 amide bonds. The Kier molecular flexibility index (Phi) is 5.23. The van der Waals surface area contributed by atoms with E-state index in [1.54, 1.807) is 24.3 Å². The van der Waals surface area contributed by atoms with Gasteiger partial charge in [-0.25, -0.2) is 4.98 Å². The van der Waals surface area contributed by atoms with Crippen LogP contribution in [-0.4, -0.2) is 4.98 Å². The zero-order valence-corrected chi connectivity index (χ0v) is 15.2. The van der Waals surface area contributed by atoms with Crippen LogP contribution in [0.25, 0.3) is 22.9 Å². The maximum absolute atomic E-state index is 9.47. The monoisotopic (exact) mass is 390 g/mol. The molecule has 0 fully saturated rings. The second-order valence-electron chi connectivity index (χ2n) is 4.86. The largest absolute Gasteiger partial charge is 0.235 e. The van der Waals surface area contributed by atoms with Crippen molar-refractivity contribution < 1.29 is 0 Å². The lowest BCUT2D eigenvalue weighted by atomic mass is 10.1. The van der Waals surface area contributed by atoms with Gasteiger partial charge in [0.2, 0.25) is 0 Å². The molecule has 0 unspecified atom stereocenters. The molecule has 2 nitrogen and oxygen atoms in total. The summed E-state index contributed by atoms with van der Waals surface area (Å²) in [6.45, 7) is 0. The number of thiazole rings is 1. The SMILES string of the molecule is N#C/C(=C\c1cccc(Cl)c1Cl)c1nc(-c2ccc(Cl)cc2)cs1. The smallest absolute Gasteiger partial charge is 0.134 e. The van der Waals surface area contributed by atoms with Crippen molar-refractivity contribution in [3.05, 3.63) is 73.5 Å². The molecule has 0 saturated carbocycles. The van der Waals surface area contributed by atoms with Gasteiger partial charge in [0.15, 0.2) is 0 Å². The van der Waals surface area contributed by atoms with Gasteiger partial charge in [0.1, 0.15) is 11.1 Å². The first kappa shape index (κ1) is 17.0. The molecule has 3 rings (SSSR count). The molecule has 1 heterocycles. The standard InChI is InChI=1S/C18H9Cl3N2S/c19-14-6-4-11(5-7-14)16-10-24-18(23-16)13(9-22)8-12-2-1-3-15(20)17(12)21/h1-8,10H/b13-8+. The third kappa shape index (κ3) is 3.63. The second-order valence-corrected chi connectivity index (χ2v) is 6.94. The van der Waals surface area contributed by atoms with Crippen LogP contribution in [0.1, 0.15) is 10.6 Å². The van der Waals surface area contributed by atoms with Crippen molar-refractivity contribution in [2.24, 2.45) is 0 Å². The highest BCUT2D eigenvalue weighted by Gasteiger charge is 2.11. The number of nitriles is 1. The quantitative estimate of drug-likeness (QED) is 0.458. The van der Waals surface area contributed by atoms with Gasteiger partial charge in [-0.15, -0.1) is 11.3 Å². The normalized spacial score (nSPS) is 11.3. The van der Waals surface area contributed by atoms with Crippen molar-refractivity contribution in [1.29, 1.82) is 5.26 Å². The molecule has 0 atom stereocenters. The second kappa shape index (κ2) is 7.38. The van der Waals surface area contributed by atoms with Crippen LogP contribution in [0.4, 0.5) is 0 Å². The first-order chi connectivity index (χ1) is 11.6. The number of nitrogens with zero attached hydrogens (tertiary/aromatic N) is 2. The molecule has 0 aliphatic carbocycles. The predicted octanol–water partition coefficient (Wildman–Crippen LogP) is 6.83. The third-order valence-corrected chi connectivity index (χ3v) is 5.24. The van der Waals surface area contributed by atoms with Gasteiger partial charge in [-0.3, -0.25) is 0 Å². The average molecular weight is 392 g/mol.